The molecular weight excluding hydrogens is 924 g/mol. The Hall–Kier alpha value is -2.84. The molecule has 9 heteroatoms. The fraction of sp³-hybridized carbons (Fsp3) is 0.703. The Morgan fingerprint density at radius 1 is 0.479 bits per heavy atom. The van der Waals surface area contributed by atoms with Crippen LogP contribution in [0.25, 0.3) is 0 Å². The molecule has 0 rings (SSSR count). The molecule has 0 aliphatic rings. The number of carbonyl (C=O) groups is 1. The number of carbonyl (C=O) groups excluding carboxylic acids is 1. The highest BCUT2D eigenvalue weighted by molar-refractivity contribution is 7.47. The maximum absolute atomic E-state index is 13.0. The fourth-order valence-electron chi connectivity index (χ4n) is 8.17. The number of aliphatic hydroxyl groups is 1. The zero-order chi connectivity index (χ0) is 53.5. The number of likely N-dealkylation sites (N-methyl/N-ethyl adjacent to an activating group) is 1. The molecule has 0 aliphatic heterocycles. The van der Waals surface area contributed by atoms with E-state index in [-0.39, 0.29) is 19.1 Å². The number of amides is 1. The highest BCUT2D eigenvalue weighted by atomic mass is 31.2. The smallest absolute Gasteiger partial charge is 0.391 e. The van der Waals surface area contributed by atoms with E-state index in [1.165, 1.54) is 122 Å². The lowest BCUT2D eigenvalue weighted by molar-refractivity contribution is -0.870. The predicted molar refractivity (Wildman–Crippen MR) is 318 cm³/mol. The summed E-state index contributed by atoms with van der Waals surface area (Å²) in [6.45, 7) is 4.74. The van der Waals surface area contributed by atoms with E-state index in [0.29, 0.717) is 30.3 Å². The van der Waals surface area contributed by atoms with Crippen LogP contribution >= 0.6 is 7.82 Å². The Morgan fingerprint density at radius 2 is 0.808 bits per heavy atom. The van der Waals surface area contributed by atoms with Crippen molar-refractivity contribution in [3.8, 4) is 0 Å². The first-order chi connectivity index (χ1) is 35.5. The van der Waals surface area contributed by atoms with E-state index < -0.39 is 20.0 Å². The molecule has 0 aromatic heterocycles. The van der Waals surface area contributed by atoms with Crippen LogP contribution in [0.15, 0.2) is 109 Å². The van der Waals surface area contributed by atoms with Gasteiger partial charge in [-0.2, -0.15) is 0 Å². The van der Waals surface area contributed by atoms with Crippen LogP contribution in [0.3, 0.4) is 0 Å². The number of nitrogens with one attached hydrogen (secondary N) is 1. The van der Waals surface area contributed by atoms with Gasteiger partial charge >= 0.3 is 7.82 Å². The quantitative estimate of drug-likeness (QED) is 0.0243. The minimum absolute atomic E-state index is 0.0580. The number of nitrogens with zero attached hydrogens (tertiary/aromatic N) is 1. The zero-order valence-corrected chi connectivity index (χ0v) is 48.7. The molecular formula is C64H114N2O6P+. The van der Waals surface area contributed by atoms with Crippen LogP contribution in [-0.2, 0) is 18.4 Å². The van der Waals surface area contributed by atoms with Crippen molar-refractivity contribution in [1.29, 1.82) is 0 Å². The largest absolute Gasteiger partial charge is 0.472 e. The minimum atomic E-state index is -4.35. The van der Waals surface area contributed by atoms with E-state index in [0.717, 1.165) is 83.5 Å². The number of phosphoric ester groups is 1. The predicted octanol–water partition coefficient (Wildman–Crippen LogP) is 18.4. The summed E-state index contributed by atoms with van der Waals surface area (Å²) in [6.07, 6.45) is 78.7. The van der Waals surface area contributed by atoms with Crippen LogP contribution in [-0.4, -0.2) is 73.4 Å². The Bertz CT molecular complexity index is 1550. The number of phosphoric acid groups is 1. The van der Waals surface area contributed by atoms with Crippen LogP contribution < -0.4 is 5.32 Å². The van der Waals surface area contributed by atoms with Gasteiger partial charge in [-0.05, 0) is 77.0 Å². The van der Waals surface area contributed by atoms with Crippen molar-refractivity contribution < 1.29 is 32.9 Å². The molecule has 0 saturated carbocycles. The topological polar surface area (TPSA) is 105 Å². The molecule has 8 nitrogen and oxygen atoms in total. The first-order valence-corrected chi connectivity index (χ1v) is 31.2. The second-order valence-electron chi connectivity index (χ2n) is 21.0. The molecule has 0 spiro atoms. The standard InChI is InChI=1S/C64H113N2O6P/c1-6-8-10-12-14-16-18-20-22-24-26-28-30-31-32-33-34-35-36-38-40-42-44-46-48-50-52-54-56-58-64(68)65-62(61-72-73(69,70)71-60-59-66(3,4)5)63(67)57-55-53-51-49-47-45-43-41-39-37-29-27-25-23-21-19-17-15-13-11-9-7-2/h8,10,14,16,20,22,26,28,31-32,34-35,38,40,44,46,50,52,62-63,67H,6-7,9,11-13,15,17-19,21,23-25,27,29-30,33,36-37,39,41-43,45,47-49,51,53-61H2,1-5H3,(H-,65,68,69,70)/p+1/b10-8-,16-14-,22-20-,28-26-,32-31-,35-34-,40-38-,46-44-,52-50-. The highest BCUT2D eigenvalue weighted by Crippen LogP contribution is 2.43. The van der Waals surface area contributed by atoms with Gasteiger partial charge in [-0.3, -0.25) is 13.8 Å². The number of quaternary nitrogens is 1. The summed E-state index contributed by atoms with van der Waals surface area (Å²) in [4.78, 5) is 23.3. The van der Waals surface area contributed by atoms with Crippen molar-refractivity contribution in [3.05, 3.63) is 109 Å². The van der Waals surface area contributed by atoms with Crippen LogP contribution in [0, 0.1) is 0 Å². The van der Waals surface area contributed by atoms with Gasteiger partial charge in [0.2, 0.25) is 5.91 Å². The number of hydrogen-bond acceptors (Lipinski definition) is 5. The molecule has 3 N–H and O–H groups in total. The molecule has 0 fully saturated rings. The molecule has 0 aliphatic carbocycles. The third kappa shape index (κ3) is 56.7. The first-order valence-electron chi connectivity index (χ1n) is 29.8. The second kappa shape index (κ2) is 54.0. The van der Waals surface area contributed by atoms with Gasteiger partial charge in [0.05, 0.1) is 39.9 Å². The third-order valence-electron chi connectivity index (χ3n) is 12.8. The van der Waals surface area contributed by atoms with Gasteiger partial charge in [0, 0.05) is 6.42 Å². The Labute approximate surface area is 451 Å². The van der Waals surface area contributed by atoms with Gasteiger partial charge in [-0.15, -0.1) is 0 Å². The molecule has 3 unspecified atom stereocenters. The summed E-state index contributed by atoms with van der Waals surface area (Å²) in [7, 11) is 1.57. The van der Waals surface area contributed by atoms with Crippen molar-refractivity contribution in [1.82, 2.24) is 5.32 Å². The van der Waals surface area contributed by atoms with E-state index in [4.69, 9.17) is 9.05 Å². The third-order valence-corrected chi connectivity index (χ3v) is 13.8. The number of allylic oxidation sites excluding steroid dienone is 18. The van der Waals surface area contributed by atoms with Gasteiger partial charge in [-0.1, -0.05) is 264 Å². The molecule has 0 bridgehead atoms. The molecule has 73 heavy (non-hydrogen) atoms. The average Bonchev–Trinajstić information content (AvgIpc) is 3.35. The van der Waals surface area contributed by atoms with Crippen molar-refractivity contribution in [2.24, 2.45) is 0 Å². The molecule has 0 aromatic rings. The number of hydrogen-bond donors (Lipinski definition) is 3. The molecule has 3 atom stereocenters. The Kier molecular flexibility index (Phi) is 51.9. The number of rotatable bonds is 53. The Morgan fingerprint density at radius 3 is 1.15 bits per heavy atom. The van der Waals surface area contributed by atoms with E-state index in [2.05, 4.69) is 129 Å². The SMILES string of the molecule is CC/C=C\C/C=C\C/C=C\C/C=C\C/C=C\C/C=C\C/C=C\C/C=C\C/C=C\CCCC(=O)NC(COP(=O)(O)OCC[N+](C)(C)C)C(O)CCCCCCCCCCCCCCCCCCCCCCCC. The number of aliphatic hydroxyl groups excluding tert-OH is 1. The molecule has 0 saturated heterocycles. The fourth-order valence-corrected chi connectivity index (χ4v) is 8.90. The van der Waals surface area contributed by atoms with Gasteiger partial charge in [-0.25, -0.2) is 4.57 Å². The maximum Gasteiger partial charge on any atom is 0.472 e. The van der Waals surface area contributed by atoms with Gasteiger partial charge < -0.3 is 19.8 Å². The van der Waals surface area contributed by atoms with Gasteiger partial charge in [0.1, 0.15) is 13.2 Å². The molecule has 1 amide bonds. The second-order valence-corrected chi connectivity index (χ2v) is 22.4. The number of unbranched alkanes of at least 4 members (excludes halogenated alkanes) is 22. The van der Waals surface area contributed by atoms with Crippen LogP contribution in [0.4, 0.5) is 0 Å². The van der Waals surface area contributed by atoms with Crippen LogP contribution in [0.5, 0.6) is 0 Å². The van der Waals surface area contributed by atoms with Crippen LogP contribution in [0.1, 0.15) is 239 Å². The van der Waals surface area contributed by atoms with E-state index in [9.17, 15) is 19.4 Å². The highest BCUT2D eigenvalue weighted by Gasteiger charge is 2.28. The summed E-state index contributed by atoms with van der Waals surface area (Å²) < 4.78 is 23.8. The van der Waals surface area contributed by atoms with Crippen molar-refractivity contribution in [2.45, 2.75) is 251 Å². The molecule has 0 radical (unpaired) electrons. The lowest BCUT2D eigenvalue weighted by Gasteiger charge is -2.26. The minimum Gasteiger partial charge on any atom is -0.391 e. The zero-order valence-electron chi connectivity index (χ0n) is 47.8. The lowest BCUT2D eigenvalue weighted by Crippen LogP contribution is -2.46. The summed E-state index contributed by atoms with van der Waals surface area (Å²) in [5.74, 6) is -0.204. The van der Waals surface area contributed by atoms with Crippen molar-refractivity contribution >= 4 is 13.7 Å². The normalized spacial score (nSPS) is 14.7. The average molecular weight is 1040 g/mol. The van der Waals surface area contributed by atoms with E-state index in [1.54, 1.807) is 0 Å². The van der Waals surface area contributed by atoms with Gasteiger partial charge in [0.25, 0.3) is 0 Å². The molecule has 0 heterocycles. The summed E-state index contributed by atoms with van der Waals surface area (Å²) in [5.41, 5.74) is 0. The van der Waals surface area contributed by atoms with Crippen LogP contribution in [0.2, 0.25) is 0 Å². The van der Waals surface area contributed by atoms with E-state index in [1.807, 2.05) is 21.1 Å². The Balaban J connectivity index is 4.32. The summed E-state index contributed by atoms with van der Waals surface area (Å²) in [5, 5.41) is 14.0. The maximum atomic E-state index is 13.0. The summed E-state index contributed by atoms with van der Waals surface area (Å²) in [6, 6.07) is -0.801. The summed E-state index contributed by atoms with van der Waals surface area (Å²) >= 11 is 0. The first kappa shape index (κ1) is 70.2. The molecule has 420 valence electrons. The van der Waals surface area contributed by atoms with Crippen molar-refractivity contribution in [3.63, 3.8) is 0 Å². The molecule has 0 aromatic carbocycles. The monoisotopic (exact) mass is 1040 g/mol. The van der Waals surface area contributed by atoms with E-state index >= 15 is 0 Å². The van der Waals surface area contributed by atoms with Crippen molar-refractivity contribution in [2.75, 3.05) is 40.9 Å². The van der Waals surface area contributed by atoms with Gasteiger partial charge in [0.15, 0.2) is 0 Å². The lowest BCUT2D eigenvalue weighted by atomic mass is 10.0.